The standard InChI is InChI=1S/C19H29N5O2/c25-17(20-8-3-9-23-10-12-26-13-11-23)16-14-24(15-19(16)4-1-5-19)18-21-6-2-7-22-18/h2,6-7,16H,1,3-5,8-15H2,(H,20,25). The molecule has 1 aromatic rings. The Morgan fingerprint density at radius 2 is 2.04 bits per heavy atom. The van der Waals surface area contributed by atoms with E-state index in [9.17, 15) is 4.79 Å². The van der Waals surface area contributed by atoms with Crippen molar-refractivity contribution in [1.29, 1.82) is 0 Å². The Morgan fingerprint density at radius 3 is 2.73 bits per heavy atom. The molecule has 1 aromatic heterocycles. The van der Waals surface area contributed by atoms with E-state index < -0.39 is 0 Å². The molecule has 2 aliphatic heterocycles. The molecule has 4 rings (SSSR count). The molecule has 3 aliphatic rings. The Balaban J connectivity index is 1.28. The van der Waals surface area contributed by atoms with Crippen molar-refractivity contribution in [3.8, 4) is 0 Å². The molecule has 1 amide bonds. The smallest absolute Gasteiger partial charge is 0.225 e. The van der Waals surface area contributed by atoms with E-state index in [2.05, 4.69) is 25.1 Å². The number of hydrogen-bond donors (Lipinski definition) is 1. The van der Waals surface area contributed by atoms with Gasteiger partial charge in [0.25, 0.3) is 0 Å². The van der Waals surface area contributed by atoms with Gasteiger partial charge in [-0.25, -0.2) is 9.97 Å². The maximum absolute atomic E-state index is 12.9. The minimum Gasteiger partial charge on any atom is -0.379 e. The van der Waals surface area contributed by atoms with Crippen LogP contribution in [0, 0.1) is 11.3 Å². The molecule has 1 unspecified atom stereocenters. The molecular weight excluding hydrogens is 330 g/mol. The number of hydrogen-bond acceptors (Lipinski definition) is 6. The van der Waals surface area contributed by atoms with E-state index in [-0.39, 0.29) is 17.2 Å². The largest absolute Gasteiger partial charge is 0.379 e. The third kappa shape index (κ3) is 3.69. The van der Waals surface area contributed by atoms with Gasteiger partial charge in [-0.3, -0.25) is 9.69 Å². The molecule has 26 heavy (non-hydrogen) atoms. The summed E-state index contributed by atoms with van der Waals surface area (Å²) in [4.78, 5) is 26.2. The summed E-state index contributed by atoms with van der Waals surface area (Å²) in [7, 11) is 0. The van der Waals surface area contributed by atoms with Crippen LogP contribution in [0.25, 0.3) is 0 Å². The molecule has 3 fully saturated rings. The predicted octanol–water partition coefficient (Wildman–Crippen LogP) is 0.922. The zero-order valence-corrected chi connectivity index (χ0v) is 15.4. The number of nitrogens with one attached hydrogen (secondary N) is 1. The van der Waals surface area contributed by atoms with Gasteiger partial charge in [0.1, 0.15) is 0 Å². The summed E-state index contributed by atoms with van der Waals surface area (Å²) in [5, 5.41) is 3.20. The highest BCUT2D eigenvalue weighted by Gasteiger charge is 2.53. The van der Waals surface area contributed by atoms with Crippen molar-refractivity contribution in [2.45, 2.75) is 25.7 Å². The average Bonchev–Trinajstić information content (AvgIpc) is 3.08. The van der Waals surface area contributed by atoms with Crippen molar-refractivity contribution in [2.75, 3.05) is 57.4 Å². The van der Waals surface area contributed by atoms with Crippen molar-refractivity contribution < 1.29 is 9.53 Å². The molecule has 1 saturated carbocycles. The van der Waals surface area contributed by atoms with Crippen LogP contribution in [-0.2, 0) is 9.53 Å². The lowest BCUT2D eigenvalue weighted by molar-refractivity contribution is -0.129. The lowest BCUT2D eigenvalue weighted by atomic mass is 9.62. The SMILES string of the molecule is O=C(NCCCN1CCOCC1)C1CN(c2ncccn2)CC12CCC2. The maximum Gasteiger partial charge on any atom is 0.225 e. The maximum atomic E-state index is 12.9. The molecule has 0 bridgehead atoms. The van der Waals surface area contributed by atoms with E-state index in [1.165, 1.54) is 6.42 Å². The van der Waals surface area contributed by atoms with Gasteiger partial charge < -0.3 is 15.0 Å². The Bertz CT molecular complexity index is 601. The zero-order valence-electron chi connectivity index (χ0n) is 15.4. The molecule has 7 nitrogen and oxygen atoms in total. The first kappa shape index (κ1) is 17.7. The number of ether oxygens (including phenoxy) is 1. The van der Waals surface area contributed by atoms with Crippen molar-refractivity contribution in [3.63, 3.8) is 0 Å². The molecule has 142 valence electrons. The normalized spacial score (nSPS) is 25.2. The van der Waals surface area contributed by atoms with Crippen LogP contribution in [0.3, 0.4) is 0 Å². The van der Waals surface area contributed by atoms with Crippen LogP contribution in [0.1, 0.15) is 25.7 Å². The highest BCUT2D eigenvalue weighted by molar-refractivity contribution is 5.81. The van der Waals surface area contributed by atoms with Crippen LogP contribution < -0.4 is 10.2 Å². The highest BCUT2D eigenvalue weighted by atomic mass is 16.5. The quantitative estimate of drug-likeness (QED) is 0.762. The second kappa shape index (κ2) is 7.88. The number of rotatable bonds is 6. The number of carbonyl (C=O) groups is 1. The molecule has 3 heterocycles. The Kier molecular flexibility index (Phi) is 5.36. The van der Waals surface area contributed by atoms with Crippen molar-refractivity contribution in [1.82, 2.24) is 20.2 Å². The van der Waals surface area contributed by atoms with Crippen LogP contribution in [0.2, 0.25) is 0 Å². The van der Waals surface area contributed by atoms with E-state index in [0.717, 1.165) is 77.7 Å². The van der Waals surface area contributed by atoms with E-state index >= 15 is 0 Å². The predicted molar refractivity (Wildman–Crippen MR) is 98.9 cm³/mol. The van der Waals surface area contributed by atoms with Crippen LogP contribution in [-0.4, -0.2) is 73.3 Å². The van der Waals surface area contributed by atoms with Crippen molar-refractivity contribution in [3.05, 3.63) is 18.5 Å². The summed E-state index contributed by atoms with van der Waals surface area (Å²) < 4.78 is 5.37. The number of morpholine rings is 1. The lowest BCUT2D eigenvalue weighted by Gasteiger charge is -2.41. The Labute approximate surface area is 155 Å². The van der Waals surface area contributed by atoms with E-state index in [0.29, 0.717) is 0 Å². The van der Waals surface area contributed by atoms with Gasteiger partial charge in [-0.1, -0.05) is 6.42 Å². The van der Waals surface area contributed by atoms with Crippen LogP contribution in [0.5, 0.6) is 0 Å². The summed E-state index contributed by atoms with van der Waals surface area (Å²) in [5.74, 6) is 1.02. The zero-order chi connectivity index (χ0) is 17.8. The average molecular weight is 359 g/mol. The summed E-state index contributed by atoms with van der Waals surface area (Å²) >= 11 is 0. The number of aromatic nitrogens is 2. The van der Waals surface area contributed by atoms with Crippen molar-refractivity contribution in [2.24, 2.45) is 11.3 Å². The first-order chi connectivity index (χ1) is 12.8. The van der Waals surface area contributed by atoms with Gasteiger partial charge >= 0.3 is 0 Å². The third-order valence-corrected chi connectivity index (χ3v) is 6.20. The Hall–Kier alpha value is -1.73. The summed E-state index contributed by atoms with van der Waals surface area (Å²) in [6, 6.07) is 1.83. The molecule has 7 heteroatoms. The number of nitrogens with zero attached hydrogens (tertiary/aromatic N) is 4. The molecule has 1 atom stereocenters. The summed E-state index contributed by atoms with van der Waals surface area (Å²) in [6.07, 6.45) is 8.05. The molecule has 1 spiro atoms. The number of amides is 1. The minimum atomic E-state index is 0.0587. The fourth-order valence-corrected chi connectivity index (χ4v) is 4.54. The van der Waals surface area contributed by atoms with E-state index in [1.54, 1.807) is 12.4 Å². The molecule has 0 radical (unpaired) electrons. The fraction of sp³-hybridized carbons (Fsp3) is 0.737. The van der Waals surface area contributed by atoms with Crippen LogP contribution in [0.15, 0.2) is 18.5 Å². The summed E-state index contributed by atoms with van der Waals surface area (Å²) in [5.41, 5.74) is 0.132. The van der Waals surface area contributed by atoms with Gasteiger partial charge in [-0.2, -0.15) is 0 Å². The number of anilines is 1. The minimum absolute atomic E-state index is 0.0587. The van der Waals surface area contributed by atoms with Gasteiger partial charge in [-0.05, 0) is 31.9 Å². The van der Waals surface area contributed by atoms with Crippen LogP contribution in [0.4, 0.5) is 5.95 Å². The van der Waals surface area contributed by atoms with Gasteiger partial charge in [-0.15, -0.1) is 0 Å². The molecule has 1 N–H and O–H groups in total. The Morgan fingerprint density at radius 1 is 1.27 bits per heavy atom. The third-order valence-electron chi connectivity index (χ3n) is 6.20. The first-order valence-corrected chi connectivity index (χ1v) is 9.87. The van der Waals surface area contributed by atoms with Crippen LogP contribution >= 0.6 is 0 Å². The molecule has 1 aliphatic carbocycles. The highest BCUT2D eigenvalue weighted by Crippen LogP contribution is 2.52. The van der Waals surface area contributed by atoms with Crippen molar-refractivity contribution >= 4 is 11.9 Å². The molecule has 0 aromatic carbocycles. The molecular formula is C19H29N5O2. The summed E-state index contributed by atoms with van der Waals surface area (Å²) in [6.45, 7) is 7.09. The lowest BCUT2D eigenvalue weighted by Crippen LogP contribution is -2.45. The number of carbonyl (C=O) groups excluding carboxylic acids is 1. The topological polar surface area (TPSA) is 70.6 Å². The van der Waals surface area contributed by atoms with Gasteiger partial charge in [0.15, 0.2) is 0 Å². The van der Waals surface area contributed by atoms with E-state index in [1.807, 2.05) is 6.07 Å². The fourth-order valence-electron chi connectivity index (χ4n) is 4.54. The van der Waals surface area contributed by atoms with Gasteiger partial charge in [0.2, 0.25) is 11.9 Å². The van der Waals surface area contributed by atoms with E-state index in [4.69, 9.17) is 4.74 Å². The van der Waals surface area contributed by atoms with Gasteiger partial charge in [0.05, 0.1) is 19.1 Å². The van der Waals surface area contributed by atoms with Gasteiger partial charge in [0, 0.05) is 50.5 Å². The second-order valence-corrected chi connectivity index (χ2v) is 7.80. The second-order valence-electron chi connectivity index (χ2n) is 7.80. The first-order valence-electron chi connectivity index (χ1n) is 9.87. The monoisotopic (exact) mass is 359 g/mol. The molecule has 2 saturated heterocycles.